The molecule has 1 aliphatic heterocycles. The highest BCUT2D eigenvalue weighted by Crippen LogP contribution is 2.26. The van der Waals surface area contributed by atoms with Gasteiger partial charge in [-0.25, -0.2) is 12.8 Å². The van der Waals surface area contributed by atoms with Crippen molar-refractivity contribution in [2.75, 3.05) is 26.2 Å². The largest absolute Gasteiger partial charge is 0.355 e. The molecule has 9 heteroatoms. The molecule has 148 valence electrons. The van der Waals surface area contributed by atoms with Gasteiger partial charge in [0.05, 0.1) is 15.5 Å². The van der Waals surface area contributed by atoms with Gasteiger partial charge in [-0.05, 0) is 48.7 Å². The molecule has 0 bridgehead atoms. The van der Waals surface area contributed by atoms with Gasteiger partial charge in [-0.1, -0.05) is 11.2 Å². The summed E-state index contributed by atoms with van der Waals surface area (Å²) in [5.41, 5.74) is 0.832. The number of thiophene rings is 1. The van der Waals surface area contributed by atoms with E-state index < -0.39 is 15.8 Å². The van der Waals surface area contributed by atoms with Crippen molar-refractivity contribution in [3.05, 3.63) is 59.4 Å². The fourth-order valence-electron chi connectivity index (χ4n) is 3.25. The van der Waals surface area contributed by atoms with Crippen molar-refractivity contribution in [2.45, 2.75) is 17.9 Å². The molecule has 0 atom stereocenters. The quantitative estimate of drug-likeness (QED) is 0.631. The molecule has 2 aromatic heterocycles. The smallest absolute Gasteiger partial charge is 0.243 e. The third-order valence-corrected chi connectivity index (χ3v) is 7.50. The van der Waals surface area contributed by atoms with Crippen LogP contribution in [0.4, 0.5) is 4.39 Å². The third-order valence-electron chi connectivity index (χ3n) is 4.71. The Labute approximate surface area is 167 Å². The monoisotopic (exact) mass is 421 g/mol. The van der Waals surface area contributed by atoms with Crippen LogP contribution in [0.1, 0.15) is 12.1 Å². The van der Waals surface area contributed by atoms with Gasteiger partial charge in [-0.15, -0.1) is 11.3 Å². The number of sulfonamides is 1. The van der Waals surface area contributed by atoms with E-state index in [9.17, 15) is 12.8 Å². The van der Waals surface area contributed by atoms with Crippen molar-refractivity contribution < 1.29 is 17.3 Å². The SMILES string of the molecule is O=S(=O)(c1ccc(F)cc1)N1CCCN(Cc2cc(-c3cccs3)on2)CC1. The summed E-state index contributed by atoms with van der Waals surface area (Å²) in [5, 5.41) is 6.13. The summed E-state index contributed by atoms with van der Waals surface area (Å²) in [6.45, 7) is 2.81. The minimum Gasteiger partial charge on any atom is -0.355 e. The Kier molecular flexibility index (Phi) is 5.58. The van der Waals surface area contributed by atoms with Crippen LogP contribution < -0.4 is 0 Å². The minimum absolute atomic E-state index is 0.124. The molecule has 1 saturated heterocycles. The van der Waals surface area contributed by atoms with Crippen molar-refractivity contribution in [1.82, 2.24) is 14.4 Å². The summed E-state index contributed by atoms with van der Waals surface area (Å²) >= 11 is 1.60. The highest BCUT2D eigenvalue weighted by Gasteiger charge is 2.27. The summed E-state index contributed by atoms with van der Waals surface area (Å²) in [6.07, 6.45) is 0.718. The molecule has 3 heterocycles. The lowest BCUT2D eigenvalue weighted by molar-refractivity contribution is 0.269. The Morgan fingerprint density at radius 1 is 1.11 bits per heavy atom. The third kappa shape index (κ3) is 4.17. The van der Waals surface area contributed by atoms with Gasteiger partial charge in [0.1, 0.15) is 5.82 Å². The summed E-state index contributed by atoms with van der Waals surface area (Å²) in [5.74, 6) is 0.302. The molecule has 0 N–H and O–H groups in total. The summed E-state index contributed by atoms with van der Waals surface area (Å²) in [7, 11) is -3.62. The Hall–Kier alpha value is -2.07. The molecule has 0 saturated carbocycles. The van der Waals surface area contributed by atoms with Crippen LogP contribution in [0.3, 0.4) is 0 Å². The second-order valence-electron chi connectivity index (χ2n) is 6.65. The average Bonchev–Trinajstić information content (AvgIpc) is 3.31. The molecular weight excluding hydrogens is 401 g/mol. The number of halogens is 1. The van der Waals surface area contributed by atoms with Crippen LogP contribution in [0.2, 0.25) is 0 Å². The van der Waals surface area contributed by atoms with E-state index in [0.717, 1.165) is 29.3 Å². The highest BCUT2D eigenvalue weighted by atomic mass is 32.2. The first kappa shape index (κ1) is 19.3. The van der Waals surface area contributed by atoms with Crippen LogP contribution >= 0.6 is 11.3 Å². The second-order valence-corrected chi connectivity index (χ2v) is 9.53. The normalized spacial score (nSPS) is 16.9. The highest BCUT2D eigenvalue weighted by molar-refractivity contribution is 7.89. The Morgan fingerprint density at radius 3 is 2.68 bits per heavy atom. The van der Waals surface area contributed by atoms with Gasteiger partial charge >= 0.3 is 0 Å². The van der Waals surface area contributed by atoms with E-state index >= 15 is 0 Å². The predicted molar refractivity (Wildman–Crippen MR) is 105 cm³/mol. The molecule has 28 heavy (non-hydrogen) atoms. The van der Waals surface area contributed by atoms with Crippen LogP contribution in [0.15, 0.2) is 57.3 Å². The van der Waals surface area contributed by atoms with E-state index in [0.29, 0.717) is 26.2 Å². The first-order valence-electron chi connectivity index (χ1n) is 9.00. The Balaban J connectivity index is 1.40. The van der Waals surface area contributed by atoms with E-state index in [1.54, 1.807) is 11.3 Å². The van der Waals surface area contributed by atoms with Gasteiger partial charge in [0.15, 0.2) is 5.76 Å². The molecular formula is C19H20FN3O3S2. The fourth-order valence-corrected chi connectivity index (χ4v) is 5.39. The van der Waals surface area contributed by atoms with Gasteiger partial charge in [0.2, 0.25) is 10.0 Å². The van der Waals surface area contributed by atoms with Gasteiger partial charge in [0, 0.05) is 32.2 Å². The summed E-state index contributed by atoms with van der Waals surface area (Å²) in [6, 6.07) is 10.9. The Morgan fingerprint density at radius 2 is 1.93 bits per heavy atom. The van der Waals surface area contributed by atoms with Crippen LogP contribution in [-0.2, 0) is 16.6 Å². The molecule has 0 aliphatic carbocycles. The van der Waals surface area contributed by atoms with Gasteiger partial charge < -0.3 is 4.52 Å². The van der Waals surface area contributed by atoms with Crippen LogP contribution in [0.25, 0.3) is 10.6 Å². The van der Waals surface area contributed by atoms with Crippen LogP contribution in [0.5, 0.6) is 0 Å². The van der Waals surface area contributed by atoms with E-state index in [2.05, 4.69) is 10.1 Å². The lowest BCUT2D eigenvalue weighted by atomic mass is 10.3. The number of hydrogen-bond acceptors (Lipinski definition) is 6. The fraction of sp³-hybridized carbons (Fsp3) is 0.316. The zero-order chi connectivity index (χ0) is 19.6. The molecule has 6 nitrogen and oxygen atoms in total. The van der Waals surface area contributed by atoms with Crippen LogP contribution in [-0.4, -0.2) is 49.0 Å². The van der Waals surface area contributed by atoms with E-state index in [4.69, 9.17) is 4.52 Å². The molecule has 3 aromatic rings. The first-order valence-corrected chi connectivity index (χ1v) is 11.3. The summed E-state index contributed by atoms with van der Waals surface area (Å²) < 4.78 is 45.6. The molecule has 0 spiro atoms. The molecule has 1 aliphatic rings. The maximum atomic E-state index is 13.1. The van der Waals surface area contributed by atoms with E-state index in [1.165, 1.54) is 28.6 Å². The maximum absolute atomic E-state index is 13.1. The number of hydrogen-bond donors (Lipinski definition) is 0. The van der Waals surface area contributed by atoms with Crippen molar-refractivity contribution in [3.63, 3.8) is 0 Å². The van der Waals surface area contributed by atoms with Crippen molar-refractivity contribution >= 4 is 21.4 Å². The number of nitrogens with zero attached hydrogens (tertiary/aromatic N) is 3. The van der Waals surface area contributed by atoms with Crippen molar-refractivity contribution in [3.8, 4) is 10.6 Å². The zero-order valence-electron chi connectivity index (χ0n) is 15.1. The minimum atomic E-state index is -3.62. The van der Waals surface area contributed by atoms with Gasteiger partial charge in [-0.2, -0.15) is 4.31 Å². The zero-order valence-corrected chi connectivity index (χ0v) is 16.8. The van der Waals surface area contributed by atoms with Crippen molar-refractivity contribution in [1.29, 1.82) is 0 Å². The van der Waals surface area contributed by atoms with Gasteiger partial charge in [0.25, 0.3) is 0 Å². The molecule has 0 unspecified atom stereocenters. The lowest BCUT2D eigenvalue weighted by Crippen LogP contribution is -2.35. The maximum Gasteiger partial charge on any atom is 0.243 e. The molecule has 0 amide bonds. The van der Waals surface area contributed by atoms with E-state index in [1.807, 2.05) is 23.6 Å². The molecule has 1 fully saturated rings. The Bertz CT molecular complexity index is 1020. The van der Waals surface area contributed by atoms with Crippen LogP contribution in [0, 0.1) is 5.82 Å². The number of aromatic nitrogens is 1. The van der Waals surface area contributed by atoms with Crippen molar-refractivity contribution in [2.24, 2.45) is 0 Å². The van der Waals surface area contributed by atoms with Gasteiger partial charge in [-0.3, -0.25) is 4.90 Å². The topological polar surface area (TPSA) is 66.7 Å². The number of benzene rings is 1. The lowest BCUT2D eigenvalue weighted by Gasteiger charge is -2.21. The molecule has 1 aromatic carbocycles. The van der Waals surface area contributed by atoms with E-state index in [-0.39, 0.29) is 4.90 Å². The molecule has 0 radical (unpaired) electrons. The standard InChI is InChI=1S/C19H20FN3O3S2/c20-15-4-6-17(7-5-15)28(24,25)23-9-2-8-22(10-11-23)14-16-13-18(26-21-16)19-3-1-12-27-19/h1,3-7,12-13H,2,8-11,14H2. The second kappa shape index (κ2) is 8.12. The predicted octanol–water partition coefficient (Wildman–Crippen LogP) is 3.44. The average molecular weight is 422 g/mol. The first-order chi connectivity index (χ1) is 13.5. The molecule has 4 rings (SSSR count). The summed E-state index contributed by atoms with van der Waals surface area (Å²) in [4.78, 5) is 3.33. The number of rotatable bonds is 5.